The molecule has 1 aromatic heterocycles. The van der Waals surface area contributed by atoms with Gasteiger partial charge in [-0.25, -0.2) is 0 Å². The molecule has 8 nitrogen and oxygen atoms in total. The monoisotopic (exact) mass is 418 g/mol. The Morgan fingerprint density at radius 2 is 1.97 bits per heavy atom. The second-order valence-corrected chi connectivity index (χ2v) is 8.39. The summed E-state index contributed by atoms with van der Waals surface area (Å²) in [4.78, 5) is 28.9. The molecule has 0 radical (unpaired) electrons. The Balaban J connectivity index is 1.52. The molecular weight excluding hydrogens is 392 g/mol. The van der Waals surface area contributed by atoms with E-state index in [1.807, 2.05) is 18.2 Å². The molecule has 8 heteroatoms. The first kappa shape index (κ1) is 20.8. The highest BCUT2D eigenvalue weighted by molar-refractivity contribution is 6.02. The number of primary amides is 1. The number of hydrogen-bond donors (Lipinski definition) is 2. The molecule has 2 aromatic rings. The van der Waals surface area contributed by atoms with Gasteiger partial charge in [0.15, 0.2) is 5.82 Å². The van der Waals surface area contributed by atoms with Crippen LogP contribution in [0.25, 0.3) is 0 Å². The van der Waals surface area contributed by atoms with E-state index in [1.165, 1.54) is 0 Å². The Kier molecular flexibility index (Phi) is 5.85. The van der Waals surface area contributed by atoms with E-state index in [0.29, 0.717) is 19.4 Å². The van der Waals surface area contributed by atoms with Gasteiger partial charge in [-0.1, -0.05) is 30.3 Å². The minimum absolute atomic E-state index is 0.0167. The van der Waals surface area contributed by atoms with Crippen LogP contribution in [0.15, 0.2) is 41.5 Å². The number of nitrogens with one attached hydrogen (secondary N) is 1. The lowest BCUT2D eigenvalue weighted by Gasteiger charge is -2.36. The summed E-state index contributed by atoms with van der Waals surface area (Å²) >= 11 is 0. The molecule has 0 bridgehead atoms. The van der Waals surface area contributed by atoms with Gasteiger partial charge in [-0.15, -0.1) is 0 Å². The van der Waals surface area contributed by atoms with Gasteiger partial charge in [0.25, 0.3) is 5.91 Å². The zero-order valence-corrected chi connectivity index (χ0v) is 17.4. The molecule has 160 valence electrons. The van der Waals surface area contributed by atoms with Crippen LogP contribution in [0.1, 0.15) is 60.9 Å². The number of nitrogens with two attached hydrogens (primary N) is 1. The van der Waals surface area contributed by atoms with Crippen LogP contribution in [0.2, 0.25) is 0 Å². The first-order chi connectivity index (χ1) is 15.0. The number of carbonyl (C=O) groups excluding carboxylic acids is 2. The Morgan fingerprint density at radius 1 is 1.26 bits per heavy atom. The lowest BCUT2D eigenvalue weighted by atomic mass is 9.79. The van der Waals surface area contributed by atoms with E-state index in [2.05, 4.69) is 28.6 Å². The van der Waals surface area contributed by atoms with Crippen molar-refractivity contribution in [1.29, 1.82) is 5.26 Å². The molecule has 31 heavy (non-hydrogen) atoms. The van der Waals surface area contributed by atoms with Crippen LogP contribution in [0, 0.1) is 17.2 Å². The van der Waals surface area contributed by atoms with Crippen molar-refractivity contribution in [3.63, 3.8) is 0 Å². The van der Waals surface area contributed by atoms with E-state index in [-0.39, 0.29) is 29.6 Å². The highest BCUT2D eigenvalue weighted by atomic mass is 16.2. The molecule has 0 aliphatic heterocycles. The van der Waals surface area contributed by atoms with Crippen molar-refractivity contribution in [2.45, 2.75) is 57.0 Å². The highest BCUT2D eigenvalue weighted by Crippen LogP contribution is 2.38. The Hall–Kier alpha value is -3.47. The summed E-state index contributed by atoms with van der Waals surface area (Å²) in [6, 6.07) is 12.4. The molecule has 3 N–H and O–H groups in total. The van der Waals surface area contributed by atoms with Crippen molar-refractivity contribution in [2.75, 3.05) is 5.32 Å². The van der Waals surface area contributed by atoms with E-state index < -0.39 is 11.4 Å². The average Bonchev–Trinajstić information content (AvgIpc) is 3.54. The summed E-state index contributed by atoms with van der Waals surface area (Å²) in [6.45, 7) is 0.645. The van der Waals surface area contributed by atoms with Crippen molar-refractivity contribution in [1.82, 2.24) is 9.78 Å². The average molecular weight is 419 g/mol. The molecule has 0 unspecified atom stereocenters. The summed E-state index contributed by atoms with van der Waals surface area (Å²) in [5, 5.41) is 16.7. The number of anilines is 1. The fourth-order valence-electron chi connectivity index (χ4n) is 4.04. The summed E-state index contributed by atoms with van der Waals surface area (Å²) in [7, 11) is 0. The Morgan fingerprint density at radius 3 is 2.58 bits per heavy atom. The van der Waals surface area contributed by atoms with E-state index >= 15 is 0 Å². The van der Waals surface area contributed by atoms with Crippen LogP contribution in [0.5, 0.6) is 0 Å². The largest absolute Gasteiger partial charge is 0.365 e. The molecule has 4 rings (SSSR count). The maximum Gasteiger partial charge on any atom is 0.254 e. The number of aliphatic imine (C=N–C) groups is 1. The third-order valence-electron chi connectivity index (χ3n) is 6.15. The number of rotatable bonds is 7. The fourth-order valence-corrected chi connectivity index (χ4v) is 4.04. The van der Waals surface area contributed by atoms with Crippen LogP contribution in [0.3, 0.4) is 0 Å². The van der Waals surface area contributed by atoms with Crippen molar-refractivity contribution in [3.05, 3.63) is 47.7 Å². The summed E-state index contributed by atoms with van der Waals surface area (Å²) in [5.41, 5.74) is 7.45. The SMILES string of the molecule is N#CCC1(n2cc(C(N)=O)c(NC(=O)C3CC3)n2)CCC(=NCc2ccccc2)CC1. The van der Waals surface area contributed by atoms with Gasteiger partial charge in [0.05, 0.1) is 24.6 Å². The minimum Gasteiger partial charge on any atom is -0.365 e. The zero-order valence-electron chi connectivity index (χ0n) is 17.4. The normalized spacial score (nSPS) is 20.7. The first-order valence-electron chi connectivity index (χ1n) is 10.6. The third-order valence-corrected chi connectivity index (χ3v) is 6.15. The molecule has 2 aliphatic rings. The molecule has 2 amide bonds. The lowest BCUT2D eigenvalue weighted by molar-refractivity contribution is -0.117. The predicted octanol–water partition coefficient (Wildman–Crippen LogP) is 3.15. The molecule has 1 aromatic carbocycles. The summed E-state index contributed by atoms with van der Waals surface area (Å²) in [6.07, 6.45) is 6.41. The number of carbonyl (C=O) groups is 2. The first-order valence-corrected chi connectivity index (χ1v) is 10.6. The smallest absolute Gasteiger partial charge is 0.254 e. The lowest BCUT2D eigenvalue weighted by Crippen LogP contribution is -2.38. The molecule has 2 saturated carbocycles. The van der Waals surface area contributed by atoms with Crippen LogP contribution in [-0.4, -0.2) is 27.3 Å². The number of amides is 2. The number of nitriles is 1. The highest BCUT2D eigenvalue weighted by Gasteiger charge is 2.38. The molecule has 2 aliphatic carbocycles. The molecule has 2 fully saturated rings. The van der Waals surface area contributed by atoms with Gasteiger partial charge < -0.3 is 11.1 Å². The zero-order chi connectivity index (χ0) is 21.8. The van der Waals surface area contributed by atoms with Crippen molar-refractivity contribution < 1.29 is 9.59 Å². The number of nitrogens with zero attached hydrogens (tertiary/aromatic N) is 4. The van der Waals surface area contributed by atoms with Gasteiger partial charge in [0.1, 0.15) is 5.56 Å². The number of hydrogen-bond acceptors (Lipinski definition) is 5. The minimum atomic E-state index is -0.648. The van der Waals surface area contributed by atoms with Crippen molar-refractivity contribution in [2.24, 2.45) is 16.6 Å². The fraction of sp³-hybridized carbons (Fsp3) is 0.435. The number of benzene rings is 1. The van der Waals surface area contributed by atoms with E-state index in [4.69, 9.17) is 10.7 Å². The van der Waals surface area contributed by atoms with E-state index in [1.54, 1.807) is 10.9 Å². The maximum atomic E-state index is 12.2. The van der Waals surface area contributed by atoms with Gasteiger partial charge in [-0.3, -0.25) is 19.3 Å². The molecule has 0 spiro atoms. The second kappa shape index (κ2) is 8.72. The molecule has 0 saturated heterocycles. The molecular formula is C23H26N6O2. The van der Waals surface area contributed by atoms with E-state index in [9.17, 15) is 14.9 Å². The van der Waals surface area contributed by atoms with Crippen molar-refractivity contribution in [3.8, 4) is 6.07 Å². The van der Waals surface area contributed by atoms with Crippen LogP contribution < -0.4 is 11.1 Å². The van der Waals surface area contributed by atoms with Gasteiger partial charge >= 0.3 is 0 Å². The van der Waals surface area contributed by atoms with Gasteiger partial charge in [0, 0.05) is 17.8 Å². The van der Waals surface area contributed by atoms with Gasteiger partial charge in [-0.2, -0.15) is 10.4 Å². The summed E-state index contributed by atoms with van der Waals surface area (Å²) < 4.78 is 1.67. The molecule has 1 heterocycles. The van der Waals surface area contributed by atoms with Crippen molar-refractivity contribution >= 4 is 23.3 Å². The predicted molar refractivity (Wildman–Crippen MR) is 116 cm³/mol. The van der Waals surface area contributed by atoms with Gasteiger partial charge in [-0.05, 0) is 44.1 Å². The standard InChI is InChI=1S/C23H26N6O2/c24-13-12-23(10-8-18(9-11-23)26-14-16-4-2-1-3-5-16)29-15-19(20(25)30)21(28-29)27-22(31)17-6-7-17/h1-5,15,17H,6-12,14H2,(H2,25,30)(H,27,28,31). The van der Waals surface area contributed by atoms with E-state index in [0.717, 1.165) is 37.0 Å². The topological polar surface area (TPSA) is 126 Å². The van der Waals surface area contributed by atoms with Crippen LogP contribution in [-0.2, 0) is 16.9 Å². The Bertz CT molecular complexity index is 1040. The van der Waals surface area contributed by atoms with Crippen LogP contribution in [0.4, 0.5) is 5.82 Å². The molecule has 0 atom stereocenters. The third kappa shape index (κ3) is 4.66. The Labute approximate surface area is 181 Å². The number of aromatic nitrogens is 2. The van der Waals surface area contributed by atoms with Crippen LogP contribution >= 0.6 is 0 Å². The van der Waals surface area contributed by atoms with Gasteiger partial charge in [0.2, 0.25) is 5.91 Å². The quantitative estimate of drug-likeness (QED) is 0.716. The second-order valence-electron chi connectivity index (χ2n) is 8.39. The maximum absolute atomic E-state index is 12.2. The summed E-state index contributed by atoms with van der Waals surface area (Å²) in [5.74, 6) is -0.617.